The molecular formula is C13H15BrO. The second kappa shape index (κ2) is 4.84. The highest BCUT2D eigenvalue weighted by Crippen LogP contribution is 2.25. The van der Waals surface area contributed by atoms with Crippen LogP contribution in [0.5, 0.6) is 5.75 Å². The van der Waals surface area contributed by atoms with E-state index in [1.54, 1.807) is 0 Å². The average Bonchev–Trinajstić information content (AvgIpc) is 2.24. The lowest BCUT2D eigenvalue weighted by atomic mass is 10.1. The van der Waals surface area contributed by atoms with Crippen molar-refractivity contribution in [2.75, 3.05) is 0 Å². The van der Waals surface area contributed by atoms with Crippen molar-refractivity contribution >= 4 is 15.9 Å². The lowest BCUT2D eigenvalue weighted by Gasteiger charge is -2.19. The molecule has 1 aliphatic carbocycles. The van der Waals surface area contributed by atoms with Crippen LogP contribution in [0.25, 0.3) is 0 Å². The van der Waals surface area contributed by atoms with Gasteiger partial charge >= 0.3 is 0 Å². The molecule has 1 aliphatic rings. The summed E-state index contributed by atoms with van der Waals surface area (Å²) in [6.07, 6.45) is 8.20. The molecule has 15 heavy (non-hydrogen) atoms. The predicted molar refractivity (Wildman–Crippen MR) is 66.3 cm³/mol. The van der Waals surface area contributed by atoms with Crippen LogP contribution < -0.4 is 4.74 Å². The largest absolute Gasteiger partial charge is 0.486 e. The first-order valence-corrected chi connectivity index (χ1v) is 6.14. The Morgan fingerprint density at radius 2 is 2.27 bits per heavy atom. The molecule has 0 saturated heterocycles. The monoisotopic (exact) mass is 266 g/mol. The van der Waals surface area contributed by atoms with E-state index in [4.69, 9.17) is 4.74 Å². The third kappa shape index (κ3) is 2.85. The second-order valence-corrected chi connectivity index (χ2v) is 4.84. The van der Waals surface area contributed by atoms with Crippen LogP contribution in [0.2, 0.25) is 0 Å². The van der Waals surface area contributed by atoms with E-state index in [-0.39, 0.29) is 6.10 Å². The van der Waals surface area contributed by atoms with Crippen molar-refractivity contribution in [2.45, 2.75) is 32.3 Å². The van der Waals surface area contributed by atoms with Crippen LogP contribution in [0.3, 0.4) is 0 Å². The Bertz CT molecular complexity index is 371. The molecule has 1 nitrogen and oxygen atoms in total. The lowest BCUT2D eigenvalue weighted by molar-refractivity contribution is 0.228. The molecule has 0 spiro atoms. The standard InChI is InChI=1S/C13H15BrO/c1-10-9-11(14)7-8-13(10)15-12-5-3-2-4-6-12/h3,5,7-9,12H,2,4,6H2,1H3. The topological polar surface area (TPSA) is 9.23 Å². The number of rotatable bonds is 2. The molecule has 2 heteroatoms. The van der Waals surface area contributed by atoms with Crippen molar-refractivity contribution < 1.29 is 4.74 Å². The third-order valence-electron chi connectivity index (χ3n) is 2.63. The molecule has 1 atom stereocenters. The Morgan fingerprint density at radius 1 is 1.40 bits per heavy atom. The van der Waals surface area contributed by atoms with Crippen molar-refractivity contribution in [1.29, 1.82) is 0 Å². The molecule has 0 heterocycles. The first-order chi connectivity index (χ1) is 7.25. The van der Waals surface area contributed by atoms with Crippen LogP contribution in [0.1, 0.15) is 24.8 Å². The van der Waals surface area contributed by atoms with Crippen molar-refractivity contribution in [3.63, 3.8) is 0 Å². The van der Waals surface area contributed by atoms with E-state index in [0.717, 1.165) is 16.6 Å². The number of allylic oxidation sites excluding steroid dienone is 1. The smallest absolute Gasteiger partial charge is 0.123 e. The molecule has 0 bridgehead atoms. The number of aryl methyl sites for hydroxylation is 1. The number of benzene rings is 1. The van der Waals surface area contributed by atoms with Gasteiger partial charge in [-0.3, -0.25) is 0 Å². The van der Waals surface area contributed by atoms with Crippen molar-refractivity contribution in [3.8, 4) is 5.75 Å². The summed E-state index contributed by atoms with van der Waals surface area (Å²) < 4.78 is 7.04. The maximum absolute atomic E-state index is 5.93. The summed E-state index contributed by atoms with van der Waals surface area (Å²) in [5.41, 5.74) is 1.18. The van der Waals surface area contributed by atoms with Crippen LogP contribution in [0.15, 0.2) is 34.8 Å². The highest BCUT2D eigenvalue weighted by atomic mass is 79.9. The van der Waals surface area contributed by atoms with Gasteiger partial charge in [0, 0.05) is 4.47 Å². The molecule has 0 aliphatic heterocycles. The highest BCUT2D eigenvalue weighted by molar-refractivity contribution is 9.10. The molecule has 1 aromatic rings. The summed E-state index contributed by atoms with van der Waals surface area (Å²) in [6, 6.07) is 6.14. The Kier molecular flexibility index (Phi) is 3.47. The molecule has 2 rings (SSSR count). The van der Waals surface area contributed by atoms with Gasteiger partial charge in [-0.2, -0.15) is 0 Å². The van der Waals surface area contributed by atoms with Gasteiger partial charge in [0.05, 0.1) is 0 Å². The zero-order valence-corrected chi connectivity index (χ0v) is 10.5. The van der Waals surface area contributed by atoms with Gasteiger partial charge < -0.3 is 4.74 Å². The first-order valence-electron chi connectivity index (χ1n) is 5.35. The lowest BCUT2D eigenvalue weighted by Crippen LogP contribution is -2.16. The predicted octanol–water partition coefficient (Wildman–Crippen LogP) is 4.25. The number of hydrogen-bond donors (Lipinski definition) is 0. The van der Waals surface area contributed by atoms with Crippen LogP contribution in [0, 0.1) is 6.92 Å². The maximum Gasteiger partial charge on any atom is 0.123 e. The van der Waals surface area contributed by atoms with Gasteiger partial charge in [0.1, 0.15) is 11.9 Å². The summed E-state index contributed by atoms with van der Waals surface area (Å²) in [7, 11) is 0. The zero-order chi connectivity index (χ0) is 10.7. The molecule has 0 fully saturated rings. The SMILES string of the molecule is Cc1cc(Br)ccc1OC1C=CCCC1. The van der Waals surface area contributed by atoms with E-state index >= 15 is 0 Å². The molecular weight excluding hydrogens is 252 g/mol. The number of hydrogen-bond acceptors (Lipinski definition) is 1. The average molecular weight is 267 g/mol. The van der Waals surface area contributed by atoms with Crippen molar-refractivity contribution in [3.05, 3.63) is 40.4 Å². The van der Waals surface area contributed by atoms with Gasteiger partial charge in [0.15, 0.2) is 0 Å². The minimum Gasteiger partial charge on any atom is -0.486 e. The molecule has 80 valence electrons. The maximum atomic E-state index is 5.93. The van der Waals surface area contributed by atoms with E-state index < -0.39 is 0 Å². The highest BCUT2D eigenvalue weighted by Gasteiger charge is 2.10. The fraction of sp³-hybridized carbons (Fsp3) is 0.385. The van der Waals surface area contributed by atoms with E-state index in [9.17, 15) is 0 Å². The van der Waals surface area contributed by atoms with E-state index in [0.29, 0.717) is 0 Å². The van der Waals surface area contributed by atoms with Gasteiger partial charge in [-0.1, -0.05) is 22.0 Å². The molecule has 1 unspecified atom stereocenters. The molecule has 0 saturated carbocycles. The van der Waals surface area contributed by atoms with Gasteiger partial charge in [0.2, 0.25) is 0 Å². The number of halogens is 1. The Morgan fingerprint density at radius 3 is 2.93 bits per heavy atom. The minimum absolute atomic E-state index is 0.263. The summed E-state index contributed by atoms with van der Waals surface area (Å²) in [4.78, 5) is 0. The second-order valence-electron chi connectivity index (χ2n) is 3.93. The molecule has 0 aromatic heterocycles. The Labute approximate surface area is 99.3 Å². The normalized spacial score (nSPS) is 20.3. The van der Waals surface area contributed by atoms with E-state index in [1.807, 2.05) is 12.1 Å². The minimum atomic E-state index is 0.263. The van der Waals surface area contributed by atoms with Gasteiger partial charge in [-0.25, -0.2) is 0 Å². The van der Waals surface area contributed by atoms with Crippen molar-refractivity contribution in [1.82, 2.24) is 0 Å². The summed E-state index contributed by atoms with van der Waals surface area (Å²) in [5, 5.41) is 0. The molecule has 0 radical (unpaired) electrons. The molecule has 0 amide bonds. The Hall–Kier alpha value is -0.760. The van der Waals surface area contributed by atoms with E-state index in [2.05, 4.69) is 41.1 Å². The van der Waals surface area contributed by atoms with Gasteiger partial charge in [-0.15, -0.1) is 0 Å². The summed E-state index contributed by atoms with van der Waals surface area (Å²) >= 11 is 3.45. The van der Waals surface area contributed by atoms with E-state index in [1.165, 1.54) is 18.4 Å². The summed E-state index contributed by atoms with van der Waals surface area (Å²) in [5.74, 6) is 0.995. The molecule has 1 aromatic carbocycles. The fourth-order valence-corrected chi connectivity index (χ4v) is 2.26. The van der Waals surface area contributed by atoms with Crippen LogP contribution in [0.4, 0.5) is 0 Å². The first kappa shape index (κ1) is 10.7. The zero-order valence-electron chi connectivity index (χ0n) is 8.87. The molecule has 0 N–H and O–H groups in total. The van der Waals surface area contributed by atoms with Crippen LogP contribution in [-0.2, 0) is 0 Å². The number of ether oxygens (including phenoxy) is 1. The van der Waals surface area contributed by atoms with Crippen LogP contribution in [-0.4, -0.2) is 6.10 Å². The van der Waals surface area contributed by atoms with Gasteiger partial charge in [-0.05, 0) is 56.0 Å². The fourth-order valence-electron chi connectivity index (χ4n) is 1.79. The van der Waals surface area contributed by atoms with Crippen molar-refractivity contribution in [2.24, 2.45) is 0 Å². The Balaban J connectivity index is 2.09. The quantitative estimate of drug-likeness (QED) is 0.728. The van der Waals surface area contributed by atoms with Crippen LogP contribution >= 0.6 is 15.9 Å². The van der Waals surface area contributed by atoms with Gasteiger partial charge in [0.25, 0.3) is 0 Å². The third-order valence-corrected chi connectivity index (χ3v) is 3.12. The summed E-state index contributed by atoms with van der Waals surface area (Å²) in [6.45, 7) is 2.08.